The summed E-state index contributed by atoms with van der Waals surface area (Å²) in [6.07, 6.45) is 3.68. The lowest BCUT2D eigenvalue weighted by Gasteiger charge is -2.20. The van der Waals surface area contributed by atoms with Crippen molar-refractivity contribution in [2.45, 2.75) is 25.7 Å². The number of halogens is 2. The number of fused-ring (bicyclic) bond motifs is 2. The number of carbonyl (C=O) groups is 2. The van der Waals surface area contributed by atoms with E-state index in [0.717, 1.165) is 47.8 Å². The Hall–Kier alpha value is -2.63. The highest BCUT2D eigenvalue weighted by Gasteiger charge is 2.24. The first-order chi connectivity index (χ1) is 14.0. The van der Waals surface area contributed by atoms with Crippen molar-refractivity contribution in [1.29, 1.82) is 0 Å². The largest absolute Gasteiger partial charge is 0.452 e. The number of aromatic nitrogens is 1. The van der Waals surface area contributed by atoms with Gasteiger partial charge < -0.3 is 10.1 Å². The molecule has 1 heterocycles. The molecule has 0 bridgehead atoms. The number of rotatable bonds is 4. The van der Waals surface area contributed by atoms with Crippen LogP contribution in [0.3, 0.4) is 0 Å². The second kappa shape index (κ2) is 8.39. The van der Waals surface area contributed by atoms with Gasteiger partial charge in [-0.2, -0.15) is 0 Å². The number of hydrogen-bond acceptors (Lipinski definition) is 4. The molecule has 3 aromatic rings. The minimum atomic E-state index is -0.515. The van der Waals surface area contributed by atoms with Crippen LogP contribution in [0.1, 0.15) is 34.5 Å². The third kappa shape index (κ3) is 4.21. The van der Waals surface area contributed by atoms with E-state index in [4.69, 9.17) is 32.9 Å². The van der Waals surface area contributed by atoms with Crippen LogP contribution in [0.25, 0.3) is 10.9 Å². The van der Waals surface area contributed by atoms with Crippen molar-refractivity contribution in [2.24, 2.45) is 0 Å². The van der Waals surface area contributed by atoms with Crippen LogP contribution >= 0.6 is 23.2 Å². The maximum atomic E-state index is 12.9. The Labute approximate surface area is 178 Å². The van der Waals surface area contributed by atoms with E-state index < -0.39 is 18.5 Å². The topological polar surface area (TPSA) is 68.3 Å². The lowest BCUT2D eigenvalue weighted by atomic mass is 9.90. The summed E-state index contributed by atoms with van der Waals surface area (Å²) in [5, 5.41) is 4.15. The van der Waals surface area contributed by atoms with Crippen molar-refractivity contribution in [3.05, 3.63) is 69.3 Å². The van der Waals surface area contributed by atoms with Crippen LogP contribution in [0.2, 0.25) is 10.0 Å². The molecule has 1 N–H and O–H groups in total. The van der Waals surface area contributed by atoms with Crippen molar-refractivity contribution >= 4 is 51.7 Å². The zero-order valence-corrected chi connectivity index (χ0v) is 17.0. The number of hydrogen-bond donors (Lipinski definition) is 1. The van der Waals surface area contributed by atoms with E-state index in [-0.39, 0.29) is 0 Å². The van der Waals surface area contributed by atoms with Gasteiger partial charge in [-0.05, 0) is 55.5 Å². The zero-order chi connectivity index (χ0) is 20.4. The third-order valence-corrected chi connectivity index (χ3v) is 5.46. The highest BCUT2D eigenvalue weighted by molar-refractivity contribution is 6.36. The predicted octanol–water partition coefficient (Wildman–Crippen LogP) is 5.22. The fraction of sp³-hybridized carbons (Fsp3) is 0.227. The van der Waals surface area contributed by atoms with Crippen LogP contribution in [0, 0.1) is 0 Å². The molecule has 1 aliphatic rings. The first-order valence-corrected chi connectivity index (χ1v) is 10.1. The summed E-state index contributed by atoms with van der Waals surface area (Å²) in [4.78, 5) is 29.9. The van der Waals surface area contributed by atoms with Crippen LogP contribution in [0.4, 0.5) is 5.69 Å². The number of aryl methyl sites for hydroxylation is 1. The highest BCUT2D eigenvalue weighted by Crippen LogP contribution is 2.30. The second-order valence-electron chi connectivity index (χ2n) is 6.88. The van der Waals surface area contributed by atoms with E-state index in [1.165, 1.54) is 6.07 Å². The Kier molecular flexibility index (Phi) is 5.69. The first-order valence-electron chi connectivity index (χ1n) is 9.35. The molecule has 148 valence electrons. The molecule has 1 amide bonds. The number of ether oxygens (including phenoxy) is 1. The number of carbonyl (C=O) groups excluding carboxylic acids is 2. The highest BCUT2D eigenvalue weighted by atomic mass is 35.5. The van der Waals surface area contributed by atoms with Gasteiger partial charge in [-0.15, -0.1) is 0 Å². The summed E-state index contributed by atoms with van der Waals surface area (Å²) in [7, 11) is 0. The van der Waals surface area contributed by atoms with Gasteiger partial charge in [0, 0.05) is 16.1 Å². The summed E-state index contributed by atoms with van der Waals surface area (Å²) in [5.74, 6) is -0.992. The van der Waals surface area contributed by atoms with Crippen molar-refractivity contribution in [3.8, 4) is 0 Å². The molecule has 0 spiro atoms. The maximum absolute atomic E-state index is 12.9. The van der Waals surface area contributed by atoms with E-state index >= 15 is 0 Å². The molecule has 1 aliphatic carbocycles. The minimum absolute atomic E-state index is 0.311. The van der Waals surface area contributed by atoms with Gasteiger partial charge in [0.1, 0.15) is 0 Å². The minimum Gasteiger partial charge on any atom is -0.452 e. The average molecular weight is 429 g/mol. The van der Waals surface area contributed by atoms with Gasteiger partial charge in [-0.3, -0.25) is 9.78 Å². The summed E-state index contributed by atoms with van der Waals surface area (Å²) < 4.78 is 5.35. The third-order valence-electron chi connectivity index (χ3n) is 4.91. The molecule has 0 radical (unpaired) electrons. The molecule has 0 saturated carbocycles. The standard InChI is InChI=1S/C22H18Cl2N2O3/c23-13-9-10-19(16(24)11-13)26-20(27)12-29-22(28)21-14-5-1-3-7-17(14)25-18-8-4-2-6-15(18)21/h1,3,5,7,9-11H,2,4,6,8,12H2,(H,26,27). The normalized spacial score (nSPS) is 13.0. The molecule has 0 unspecified atom stereocenters. The second-order valence-corrected chi connectivity index (χ2v) is 7.73. The molecular formula is C22H18Cl2N2O3. The van der Waals surface area contributed by atoms with E-state index in [0.29, 0.717) is 21.3 Å². The molecule has 2 aromatic carbocycles. The zero-order valence-electron chi connectivity index (χ0n) is 15.5. The Bertz CT molecular complexity index is 1110. The Morgan fingerprint density at radius 2 is 1.86 bits per heavy atom. The number of nitrogens with one attached hydrogen (secondary N) is 1. The van der Waals surface area contributed by atoms with Crippen LogP contribution < -0.4 is 5.32 Å². The van der Waals surface area contributed by atoms with Gasteiger partial charge in [0.05, 0.1) is 21.8 Å². The molecule has 5 nitrogen and oxygen atoms in total. The summed E-state index contributed by atoms with van der Waals surface area (Å²) in [6.45, 7) is -0.413. The number of pyridine rings is 1. The first kappa shape index (κ1) is 19.7. The van der Waals surface area contributed by atoms with Gasteiger partial charge in [-0.25, -0.2) is 4.79 Å². The molecule has 0 aliphatic heterocycles. The fourth-order valence-electron chi connectivity index (χ4n) is 3.59. The quantitative estimate of drug-likeness (QED) is 0.578. The van der Waals surface area contributed by atoms with Gasteiger partial charge in [-0.1, -0.05) is 41.4 Å². The number of nitrogens with zero attached hydrogens (tertiary/aromatic N) is 1. The van der Waals surface area contributed by atoms with Crippen LogP contribution in [0.5, 0.6) is 0 Å². The average Bonchev–Trinajstić information content (AvgIpc) is 2.72. The number of esters is 1. The van der Waals surface area contributed by atoms with E-state index in [9.17, 15) is 9.59 Å². The van der Waals surface area contributed by atoms with Crippen molar-refractivity contribution in [3.63, 3.8) is 0 Å². The van der Waals surface area contributed by atoms with Crippen molar-refractivity contribution in [1.82, 2.24) is 4.98 Å². The summed E-state index contributed by atoms with van der Waals surface area (Å²) >= 11 is 11.9. The lowest BCUT2D eigenvalue weighted by Crippen LogP contribution is -2.22. The molecule has 0 fully saturated rings. The molecule has 0 atom stereocenters. The van der Waals surface area contributed by atoms with Crippen LogP contribution in [0.15, 0.2) is 42.5 Å². The Morgan fingerprint density at radius 1 is 1.07 bits per heavy atom. The van der Waals surface area contributed by atoms with E-state index in [1.54, 1.807) is 12.1 Å². The smallest absolute Gasteiger partial charge is 0.339 e. The number of benzene rings is 2. The lowest BCUT2D eigenvalue weighted by molar-refractivity contribution is -0.119. The molecule has 1 aromatic heterocycles. The Morgan fingerprint density at radius 3 is 2.69 bits per heavy atom. The molecule has 29 heavy (non-hydrogen) atoms. The number of anilines is 1. The number of amides is 1. The van der Waals surface area contributed by atoms with Crippen molar-refractivity contribution in [2.75, 3.05) is 11.9 Å². The van der Waals surface area contributed by atoms with Gasteiger partial charge >= 0.3 is 5.97 Å². The van der Waals surface area contributed by atoms with Gasteiger partial charge in [0.15, 0.2) is 6.61 Å². The van der Waals surface area contributed by atoms with E-state index in [1.807, 2.05) is 24.3 Å². The number of para-hydroxylation sites is 1. The predicted molar refractivity (Wildman–Crippen MR) is 114 cm³/mol. The fourth-order valence-corrected chi connectivity index (χ4v) is 4.04. The van der Waals surface area contributed by atoms with Gasteiger partial charge in [0.25, 0.3) is 5.91 Å². The molecule has 4 rings (SSSR count). The molecule has 7 heteroatoms. The summed E-state index contributed by atoms with van der Waals surface area (Å²) in [5.41, 5.74) is 3.56. The van der Waals surface area contributed by atoms with Crippen molar-refractivity contribution < 1.29 is 14.3 Å². The SMILES string of the molecule is O=C(COC(=O)c1c2c(nc3ccccc13)CCCC2)Nc1ccc(Cl)cc1Cl. The van der Waals surface area contributed by atoms with Gasteiger partial charge in [0.2, 0.25) is 0 Å². The summed E-state index contributed by atoms with van der Waals surface area (Å²) in [6, 6.07) is 12.2. The maximum Gasteiger partial charge on any atom is 0.339 e. The van der Waals surface area contributed by atoms with E-state index in [2.05, 4.69) is 5.32 Å². The van der Waals surface area contributed by atoms with Crippen LogP contribution in [-0.2, 0) is 22.4 Å². The van der Waals surface area contributed by atoms with Crippen LogP contribution in [-0.4, -0.2) is 23.5 Å². The molecular weight excluding hydrogens is 411 g/mol. The molecule has 0 saturated heterocycles. The Balaban J connectivity index is 1.54. The monoisotopic (exact) mass is 428 g/mol.